The number of rotatable bonds is 7. The summed E-state index contributed by atoms with van der Waals surface area (Å²) in [4.78, 5) is 31.1. The monoisotopic (exact) mass is 335 g/mol. The van der Waals surface area contributed by atoms with Gasteiger partial charge >= 0.3 is 0 Å². The van der Waals surface area contributed by atoms with Crippen LogP contribution in [-0.4, -0.2) is 22.4 Å². The number of hydrogen-bond donors (Lipinski definition) is 2. The first kappa shape index (κ1) is 16.9. The van der Waals surface area contributed by atoms with Crippen LogP contribution in [0.3, 0.4) is 0 Å². The van der Waals surface area contributed by atoms with Gasteiger partial charge in [-0.1, -0.05) is 42.5 Å². The van der Waals surface area contributed by atoms with Gasteiger partial charge in [-0.15, -0.1) is 0 Å². The molecule has 1 amide bonds. The number of para-hydroxylation sites is 1. The van der Waals surface area contributed by atoms with E-state index in [2.05, 4.69) is 27.4 Å². The number of hydrogen-bond acceptors (Lipinski definition) is 3. The second-order valence-electron chi connectivity index (χ2n) is 5.97. The number of nitrogens with zero attached hydrogens (tertiary/aromatic N) is 1. The number of amides is 1. The smallest absolute Gasteiger partial charge is 0.258 e. The lowest BCUT2D eigenvalue weighted by atomic mass is 10.1. The summed E-state index contributed by atoms with van der Waals surface area (Å²) in [7, 11) is 0. The lowest BCUT2D eigenvalue weighted by Crippen LogP contribution is -2.25. The zero-order valence-electron chi connectivity index (χ0n) is 14.0. The molecule has 2 N–H and O–H groups in total. The lowest BCUT2D eigenvalue weighted by molar-refractivity contribution is -0.121. The molecule has 0 bridgehead atoms. The van der Waals surface area contributed by atoms with E-state index in [-0.39, 0.29) is 11.5 Å². The summed E-state index contributed by atoms with van der Waals surface area (Å²) in [5.41, 5.74) is 1.77. The molecular weight excluding hydrogens is 314 g/mol. The second kappa shape index (κ2) is 8.24. The van der Waals surface area contributed by atoms with Crippen molar-refractivity contribution in [2.24, 2.45) is 0 Å². The quantitative estimate of drug-likeness (QED) is 0.652. The molecule has 3 aromatic rings. The third-order valence-electron chi connectivity index (χ3n) is 4.06. The molecule has 0 aliphatic rings. The number of fused-ring (bicyclic) bond motifs is 1. The summed E-state index contributed by atoms with van der Waals surface area (Å²) in [6.45, 7) is 0.648. The van der Waals surface area contributed by atoms with Crippen LogP contribution in [0.25, 0.3) is 10.9 Å². The maximum Gasteiger partial charge on any atom is 0.258 e. The second-order valence-corrected chi connectivity index (χ2v) is 5.97. The van der Waals surface area contributed by atoms with Gasteiger partial charge in [0.05, 0.1) is 10.9 Å². The van der Waals surface area contributed by atoms with Gasteiger partial charge in [0.1, 0.15) is 5.82 Å². The topological polar surface area (TPSA) is 74.8 Å². The van der Waals surface area contributed by atoms with E-state index in [1.165, 1.54) is 5.56 Å². The third-order valence-corrected chi connectivity index (χ3v) is 4.06. The molecule has 0 saturated heterocycles. The van der Waals surface area contributed by atoms with Crippen molar-refractivity contribution >= 4 is 16.8 Å². The molecule has 5 nitrogen and oxygen atoms in total. The molecule has 25 heavy (non-hydrogen) atoms. The summed E-state index contributed by atoms with van der Waals surface area (Å²) >= 11 is 0. The standard InChI is InChI=1S/C20H21N3O2/c24-19(21-14-6-9-15-7-2-1-3-8-15)13-12-18-22-17-11-5-4-10-16(17)20(25)23-18/h1-5,7-8,10-11H,6,9,12-14H2,(H,21,24)(H,22,23,25). The fourth-order valence-electron chi connectivity index (χ4n) is 2.74. The molecular formula is C20H21N3O2. The molecule has 0 aliphatic heterocycles. The summed E-state index contributed by atoms with van der Waals surface area (Å²) in [6, 6.07) is 17.4. The van der Waals surface area contributed by atoms with Gasteiger partial charge in [-0.05, 0) is 30.5 Å². The molecule has 0 atom stereocenters. The predicted molar refractivity (Wildman–Crippen MR) is 98.5 cm³/mol. The number of H-pyrrole nitrogens is 1. The molecule has 0 radical (unpaired) electrons. The molecule has 128 valence electrons. The SMILES string of the molecule is O=C(CCc1nc2ccccc2c(=O)[nH]1)NCCCc1ccccc1. The normalized spacial score (nSPS) is 10.7. The maximum absolute atomic E-state index is 12.0. The van der Waals surface area contributed by atoms with E-state index in [1.54, 1.807) is 12.1 Å². The Morgan fingerprint density at radius 2 is 1.76 bits per heavy atom. The predicted octanol–water partition coefficient (Wildman–Crippen LogP) is 2.60. The van der Waals surface area contributed by atoms with Crippen molar-refractivity contribution in [3.63, 3.8) is 0 Å². The number of benzene rings is 2. The minimum absolute atomic E-state index is 0.0242. The average Bonchev–Trinajstić information content (AvgIpc) is 2.64. The van der Waals surface area contributed by atoms with Gasteiger partial charge < -0.3 is 10.3 Å². The van der Waals surface area contributed by atoms with Crippen LogP contribution in [0.15, 0.2) is 59.4 Å². The van der Waals surface area contributed by atoms with E-state index >= 15 is 0 Å². The first-order valence-electron chi connectivity index (χ1n) is 8.51. The highest BCUT2D eigenvalue weighted by atomic mass is 16.1. The Kier molecular flexibility index (Phi) is 5.57. The minimum Gasteiger partial charge on any atom is -0.356 e. The molecule has 5 heteroatoms. The molecule has 0 fully saturated rings. The lowest BCUT2D eigenvalue weighted by Gasteiger charge is -2.06. The van der Waals surface area contributed by atoms with Crippen LogP contribution in [-0.2, 0) is 17.6 Å². The summed E-state index contributed by atoms with van der Waals surface area (Å²) in [5, 5.41) is 3.48. The van der Waals surface area contributed by atoms with Gasteiger partial charge in [0.15, 0.2) is 0 Å². The van der Waals surface area contributed by atoms with Gasteiger partial charge in [0.25, 0.3) is 5.56 Å². The van der Waals surface area contributed by atoms with Crippen molar-refractivity contribution < 1.29 is 4.79 Å². The Balaban J connectivity index is 1.45. The van der Waals surface area contributed by atoms with Crippen molar-refractivity contribution in [1.82, 2.24) is 15.3 Å². The number of aromatic amines is 1. The average molecular weight is 335 g/mol. The Morgan fingerprint density at radius 3 is 2.60 bits per heavy atom. The van der Waals surface area contributed by atoms with E-state index in [1.807, 2.05) is 30.3 Å². The molecule has 1 heterocycles. The highest BCUT2D eigenvalue weighted by Crippen LogP contribution is 2.06. The minimum atomic E-state index is -0.163. The zero-order valence-corrected chi connectivity index (χ0v) is 14.0. The Morgan fingerprint density at radius 1 is 1.00 bits per heavy atom. The molecule has 0 aliphatic carbocycles. The Labute approximate surface area is 146 Å². The Bertz CT molecular complexity index is 903. The van der Waals surface area contributed by atoms with E-state index < -0.39 is 0 Å². The van der Waals surface area contributed by atoms with Crippen molar-refractivity contribution in [2.45, 2.75) is 25.7 Å². The van der Waals surface area contributed by atoms with E-state index in [4.69, 9.17) is 0 Å². The Hall–Kier alpha value is -2.95. The number of aromatic nitrogens is 2. The highest BCUT2D eigenvalue weighted by molar-refractivity contribution is 5.78. The van der Waals surface area contributed by atoms with Gasteiger partial charge in [0.2, 0.25) is 5.91 Å². The van der Waals surface area contributed by atoms with Gasteiger partial charge in [0, 0.05) is 19.4 Å². The fraction of sp³-hybridized carbons (Fsp3) is 0.250. The van der Waals surface area contributed by atoms with Gasteiger partial charge in [-0.3, -0.25) is 9.59 Å². The first-order chi connectivity index (χ1) is 12.2. The van der Waals surface area contributed by atoms with Gasteiger partial charge in [-0.2, -0.15) is 0 Å². The number of nitrogens with one attached hydrogen (secondary N) is 2. The number of aryl methyl sites for hydroxylation is 2. The van der Waals surface area contributed by atoms with Crippen LogP contribution in [0.4, 0.5) is 0 Å². The fourth-order valence-corrected chi connectivity index (χ4v) is 2.74. The molecule has 3 rings (SSSR count). The van der Waals surface area contributed by atoms with Crippen LogP contribution in [0.2, 0.25) is 0 Å². The molecule has 0 spiro atoms. The van der Waals surface area contributed by atoms with Crippen LogP contribution in [0.1, 0.15) is 24.2 Å². The van der Waals surface area contributed by atoms with Crippen molar-refractivity contribution in [1.29, 1.82) is 0 Å². The molecule has 1 aromatic heterocycles. The van der Waals surface area contributed by atoms with Crippen molar-refractivity contribution in [2.75, 3.05) is 6.54 Å². The number of carbonyl (C=O) groups is 1. The summed E-state index contributed by atoms with van der Waals surface area (Å²) < 4.78 is 0. The third kappa shape index (κ3) is 4.76. The van der Waals surface area contributed by atoms with E-state index in [0.29, 0.717) is 36.1 Å². The maximum atomic E-state index is 12.0. The zero-order chi connectivity index (χ0) is 17.5. The van der Waals surface area contributed by atoms with E-state index in [9.17, 15) is 9.59 Å². The summed E-state index contributed by atoms with van der Waals surface area (Å²) in [6.07, 6.45) is 2.58. The molecule has 0 saturated carbocycles. The largest absolute Gasteiger partial charge is 0.356 e. The molecule has 0 unspecified atom stereocenters. The summed E-state index contributed by atoms with van der Waals surface area (Å²) in [5.74, 6) is 0.520. The highest BCUT2D eigenvalue weighted by Gasteiger charge is 2.06. The number of carbonyl (C=O) groups excluding carboxylic acids is 1. The van der Waals surface area contributed by atoms with Crippen LogP contribution >= 0.6 is 0 Å². The van der Waals surface area contributed by atoms with Crippen molar-refractivity contribution in [3.05, 3.63) is 76.3 Å². The van der Waals surface area contributed by atoms with E-state index in [0.717, 1.165) is 12.8 Å². The van der Waals surface area contributed by atoms with Crippen LogP contribution in [0.5, 0.6) is 0 Å². The van der Waals surface area contributed by atoms with Gasteiger partial charge in [-0.25, -0.2) is 4.98 Å². The molecule has 2 aromatic carbocycles. The van der Waals surface area contributed by atoms with Crippen LogP contribution < -0.4 is 10.9 Å². The van der Waals surface area contributed by atoms with Crippen molar-refractivity contribution in [3.8, 4) is 0 Å². The first-order valence-corrected chi connectivity index (χ1v) is 8.51. The van der Waals surface area contributed by atoms with Crippen LogP contribution in [0, 0.1) is 0 Å².